The van der Waals surface area contributed by atoms with Gasteiger partial charge in [-0.15, -0.1) is 0 Å². The molecule has 0 bridgehead atoms. The number of benzene rings is 1. The Bertz CT molecular complexity index is 1020. The Hall–Kier alpha value is -3.37. The van der Waals surface area contributed by atoms with Crippen molar-refractivity contribution in [2.75, 3.05) is 19.6 Å². The molecule has 1 aromatic heterocycles. The van der Waals surface area contributed by atoms with Crippen molar-refractivity contribution in [2.45, 2.75) is 44.3 Å². The van der Waals surface area contributed by atoms with Crippen molar-refractivity contribution in [1.82, 2.24) is 25.3 Å². The van der Waals surface area contributed by atoms with Crippen molar-refractivity contribution < 1.29 is 27.6 Å². The Morgan fingerprint density at radius 2 is 1.91 bits per heavy atom. The number of rotatable bonds is 6. The van der Waals surface area contributed by atoms with Gasteiger partial charge >= 0.3 is 12.2 Å². The number of carbonyl (C=O) groups is 3. The summed E-state index contributed by atoms with van der Waals surface area (Å²) in [6.45, 7) is 0.710. The van der Waals surface area contributed by atoms with Gasteiger partial charge in [0.2, 0.25) is 11.8 Å². The first-order valence-electron chi connectivity index (χ1n) is 10.8. The molecule has 4 rings (SSSR count). The number of hydrogen-bond donors (Lipinski definition) is 2. The number of halogens is 3. The fourth-order valence-corrected chi connectivity index (χ4v) is 4.36. The Balaban J connectivity index is 1.46. The van der Waals surface area contributed by atoms with E-state index in [1.807, 2.05) is 0 Å². The lowest BCUT2D eigenvalue weighted by Gasteiger charge is -2.36. The molecule has 11 heteroatoms. The lowest BCUT2D eigenvalue weighted by atomic mass is 9.94. The van der Waals surface area contributed by atoms with Crippen LogP contribution in [0.3, 0.4) is 0 Å². The third-order valence-corrected chi connectivity index (χ3v) is 6.06. The van der Waals surface area contributed by atoms with Gasteiger partial charge in [0.25, 0.3) is 0 Å². The van der Waals surface area contributed by atoms with E-state index in [1.165, 1.54) is 12.1 Å². The second-order valence-corrected chi connectivity index (χ2v) is 8.18. The minimum Gasteiger partial charge on any atom is -0.334 e. The predicted octanol–water partition coefficient (Wildman–Crippen LogP) is 3.48. The summed E-state index contributed by atoms with van der Waals surface area (Å²) < 4.78 is 38.7. The molecule has 4 amide bonds. The number of hydrogen-bond acceptors (Lipinski definition) is 4. The molecule has 1 aromatic carbocycles. The van der Waals surface area contributed by atoms with E-state index < -0.39 is 17.8 Å². The smallest absolute Gasteiger partial charge is 0.334 e. The van der Waals surface area contributed by atoms with Crippen LogP contribution in [0.15, 0.2) is 30.5 Å². The van der Waals surface area contributed by atoms with Crippen LogP contribution in [-0.2, 0) is 15.8 Å². The summed E-state index contributed by atoms with van der Waals surface area (Å²) in [5.41, 5.74) is 1.21. The molecule has 0 aliphatic carbocycles. The van der Waals surface area contributed by atoms with E-state index in [9.17, 15) is 27.6 Å². The van der Waals surface area contributed by atoms with E-state index in [0.717, 1.165) is 29.9 Å². The first-order chi connectivity index (χ1) is 15.8. The van der Waals surface area contributed by atoms with Gasteiger partial charge in [0, 0.05) is 25.1 Å². The molecule has 0 radical (unpaired) electrons. The number of amides is 4. The van der Waals surface area contributed by atoms with Crippen LogP contribution in [0.25, 0.3) is 11.1 Å². The first kappa shape index (κ1) is 22.8. The number of carbonyl (C=O) groups excluding carboxylic acids is 3. The van der Waals surface area contributed by atoms with E-state index in [1.54, 1.807) is 11.1 Å². The van der Waals surface area contributed by atoms with Gasteiger partial charge in [0.05, 0.1) is 30.0 Å². The first-order valence-corrected chi connectivity index (χ1v) is 10.8. The second kappa shape index (κ2) is 9.24. The van der Waals surface area contributed by atoms with Gasteiger partial charge in [-0.25, -0.2) is 4.79 Å². The van der Waals surface area contributed by atoms with Crippen LogP contribution in [0, 0.1) is 0 Å². The molecule has 2 aromatic rings. The van der Waals surface area contributed by atoms with Crippen molar-refractivity contribution in [1.29, 1.82) is 0 Å². The number of nitrogens with one attached hydrogen (secondary N) is 2. The van der Waals surface area contributed by atoms with E-state index in [-0.39, 0.29) is 37.4 Å². The summed E-state index contributed by atoms with van der Waals surface area (Å²) in [5.74, 6) is -0.401. The summed E-state index contributed by atoms with van der Waals surface area (Å²) in [6.07, 6.45) is 0.140. The topological polar surface area (TPSA) is 98.4 Å². The summed E-state index contributed by atoms with van der Waals surface area (Å²) >= 11 is 0. The zero-order chi connectivity index (χ0) is 23.6. The van der Waals surface area contributed by atoms with E-state index >= 15 is 0 Å². The maximum Gasteiger partial charge on any atom is 0.416 e. The summed E-state index contributed by atoms with van der Waals surface area (Å²) in [7, 11) is 0. The van der Waals surface area contributed by atoms with Crippen molar-refractivity contribution in [2.24, 2.45) is 0 Å². The van der Waals surface area contributed by atoms with Crippen LogP contribution in [-0.4, -0.2) is 57.5 Å². The van der Waals surface area contributed by atoms with E-state index in [0.29, 0.717) is 36.2 Å². The number of aromatic amines is 1. The largest absolute Gasteiger partial charge is 0.416 e. The predicted molar refractivity (Wildman–Crippen MR) is 112 cm³/mol. The molecule has 2 fully saturated rings. The number of piperidine rings is 1. The Morgan fingerprint density at radius 3 is 2.58 bits per heavy atom. The van der Waals surface area contributed by atoms with Gasteiger partial charge in [-0.3, -0.25) is 19.6 Å². The Labute approximate surface area is 188 Å². The van der Waals surface area contributed by atoms with Gasteiger partial charge < -0.3 is 10.2 Å². The quantitative estimate of drug-likeness (QED) is 0.641. The molecule has 0 saturated carbocycles. The third kappa shape index (κ3) is 4.86. The van der Waals surface area contributed by atoms with Crippen LogP contribution in [0.5, 0.6) is 0 Å². The molecule has 3 heterocycles. The Morgan fingerprint density at radius 1 is 1.15 bits per heavy atom. The highest BCUT2D eigenvalue weighted by Gasteiger charge is 2.33. The second-order valence-electron chi connectivity index (χ2n) is 8.18. The van der Waals surface area contributed by atoms with Crippen LogP contribution < -0.4 is 5.32 Å². The maximum absolute atomic E-state index is 13.0. The average molecular weight is 463 g/mol. The fraction of sp³-hybridized carbons (Fsp3) is 0.455. The normalized spacial score (nSPS) is 19.2. The molecule has 2 saturated heterocycles. The number of alkyl halides is 3. The average Bonchev–Trinajstić information content (AvgIpc) is 3.41. The monoisotopic (exact) mass is 463 g/mol. The molecule has 8 nitrogen and oxygen atoms in total. The molecular weight excluding hydrogens is 439 g/mol. The number of aromatic nitrogens is 2. The summed E-state index contributed by atoms with van der Waals surface area (Å²) in [4.78, 5) is 39.2. The number of H-pyrrole nitrogens is 1. The highest BCUT2D eigenvalue weighted by Crippen LogP contribution is 2.37. The fourth-order valence-electron chi connectivity index (χ4n) is 4.36. The third-order valence-electron chi connectivity index (χ3n) is 6.06. The standard InChI is InChI=1S/C22H24F3N5O3/c23-22(24,25)15-8-6-14(7-9-15)16-12-27-28-20(16)17-4-1-2-10-29(17)18(31)5-3-11-30-19(32)13-26-21(30)33/h6-9,12,17H,1-5,10-11,13H2,(H,26,33)(H,27,28)/t17-/m1/s1. The zero-order valence-electron chi connectivity index (χ0n) is 17.8. The van der Waals surface area contributed by atoms with Crippen LogP contribution in [0.4, 0.5) is 18.0 Å². The molecular formula is C22H24F3N5O3. The van der Waals surface area contributed by atoms with Crippen molar-refractivity contribution in [3.05, 3.63) is 41.7 Å². The number of imide groups is 1. The lowest BCUT2D eigenvalue weighted by molar-refractivity contribution is -0.137. The highest BCUT2D eigenvalue weighted by atomic mass is 19.4. The van der Waals surface area contributed by atoms with Crippen LogP contribution >= 0.6 is 0 Å². The molecule has 2 aliphatic rings. The van der Waals surface area contributed by atoms with Crippen molar-refractivity contribution in [3.8, 4) is 11.1 Å². The van der Waals surface area contributed by atoms with Gasteiger partial charge in [-0.05, 0) is 43.4 Å². The molecule has 2 N–H and O–H groups in total. The Kier molecular flexibility index (Phi) is 6.39. The minimum absolute atomic E-state index is 0.0203. The van der Waals surface area contributed by atoms with Crippen LogP contribution in [0.1, 0.15) is 49.4 Å². The maximum atomic E-state index is 13.0. The molecule has 0 unspecified atom stereocenters. The molecule has 176 valence electrons. The number of likely N-dealkylation sites (tertiary alicyclic amines) is 1. The van der Waals surface area contributed by atoms with Crippen LogP contribution in [0.2, 0.25) is 0 Å². The molecule has 33 heavy (non-hydrogen) atoms. The van der Waals surface area contributed by atoms with Crippen molar-refractivity contribution >= 4 is 17.8 Å². The van der Waals surface area contributed by atoms with Gasteiger partial charge in [0.15, 0.2) is 0 Å². The summed E-state index contributed by atoms with van der Waals surface area (Å²) in [5, 5.41) is 9.49. The van der Waals surface area contributed by atoms with E-state index in [4.69, 9.17) is 0 Å². The van der Waals surface area contributed by atoms with Gasteiger partial charge in [-0.2, -0.15) is 18.3 Å². The molecule has 0 spiro atoms. The lowest BCUT2D eigenvalue weighted by Crippen LogP contribution is -2.39. The minimum atomic E-state index is -4.41. The molecule has 2 aliphatic heterocycles. The number of nitrogens with zero attached hydrogens (tertiary/aromatic N) is 3. The zero-order valence-corrected chi connectivity index (χ0v) is 17.8. The number of urea groups is 1. The molecule has 1 atom stereocenters. The summed E-state index contributed by atoms with van der Waals surface area (Å²) in [6, 6.07) is 4.16. The highest BCUT2D eigenvalue weighted by molar-refractivity contribution is 6.01. The van der Waals surface area contributed by atoms with Gasteiger partial charge in [-0.1, -0.05) is 12.1 Å². The van der Waals surface area contributed by atoms with E-state index in [2.05, 4.69) is 15.5 Å². The van der Waals surface area contributed by atoms with Crippen molar-refractivity contribution in [3.63, 3.8) is 0 Å². The van der Waals surface area contributed by atoms with Gasteiger partial charge in [0.1, 0.15) is 0 Å². The SMILES string of the molecule is O=C1CNC(=O)N1CCCC(=O)N1CCCC[C@@H]1c1[nH]ncc1-c1ccc(C(F)(F)F)cc1.